The van der Waals surface area contributed by atoms with Gasteiger partial charge >= 0.3 is 0 Å². The van der Waals surface area contributed by atoms with Crippen LogP contribution in [0.15, 0.2) is 5.38 Å². The molecule has 1 N–H and O–H groups in total. The van der Waals surface area contributed by atoms with Crippen LogP contribution in [-0.2, 0) is 6.54 Å². The molecule has 1 atom stereocenters. The first-order valence-corrected chi connectivity index (χ1v) is 5.77. The van der Waals surface area contributed by atoms with Crippen molar-refractivity contribution in [1.82, 2.24) is 9.88 Å². The first-order valence-electron chi connectivity index (χ1n) is 4.89. The Morgan fingerprint density at radius 2 is 2.36 bits per heavy atom. The molecular weight excluding hydrogens is 196 g/mol. The van der Waals surface area contributed by atoms with Crippen LogP contribution in [0.2, 0.25) is 0 Å². The lowest BCUT2D eigenvalue weighted by molar-refractivity contribution is 0.119. The van der Waals surface area contributed by atoms with E-state index in [4.69, 9.17) is 0 Å². The molecule has 3 nitrogen and oxygen atoms in total. The van der Waals surface area contributed by atoms with E-state index in [0.717, 1.165) is 23.7 Å². The predicted molar refractivity (Wildman–Crippen MR) is 59.5 cm³/mol. The quantitative estimate of drug-likeness (QED) is 0.809. The summed E-state index contributed by atoms with van der Waals surface area (Å²) in [5, 5.41) is 12.6. The summed E-state index contributed by atoms with van der Waals surface area (Å²) in [6.45, 7) is 5.54. The molecule has 0 aliphatic rings. The molecule has 0 aromatic carbocycles. The molecule has 0 aliphatic carbocycles. The number of aryl methyl sites for hydroxylation is 1. The minimum absolute atomic E-state index is 0.222. The molecule has 4 heteroatoms. The molecular formula is C10H18N2OS. The maximum Gasteiger partial charge on any atom is 0.0897 e. The maximum atomic E-state index is 9.45. The van der Waals surface area contributed by atoms with E-state index in [1.54, 1.807) is 11.3 Å². The van der Waals surface area contributed by atoms with Crippen molar-refractivity contribution in [2.24, 2.45) is 0 Å². The van der Waals surface area contributed by atoms with Crippen LogP contribution in [0.1, 0.15) is 24.0 Å². The average molecular weight is 214 g/mol. The van der Waals surface area contributed by atoms with E-state index < -0.39 is 0 Å². The van der Waals surface area contributed by atoms with E-state index in [1.807, 2.05) is 20.9 Å². The maximum absolute atomic E-state index is 9.45. The largest absolute Gasteiger partial charge is 0.392 e. The molecule has 80 valence electrons. The summed E-state index contributed by atoms with van der Waals surface area (Å²) in [6.07, 6.45) is 0.584. The van der Waals surface area contributed by atoms with E-state index in [-0.39, 0.29) is 6.10 Å². The fourth-order valence-electron chi connectivity index (χ4n) is 1.31. The lowest BCUT2D eigenvalue weighted by Crippen LogP contribution is -2.28. The summed E-state index contributed by atoms with van der Waals surface area (Å²) in [5.41, 5.74) is 1.10. The van der Waals surface area contributed by atoms with Gasteiger partial charge in [0.05, 0.1) is 16.8 Å². The number of rotatable bonds is 5. The number of aromatic nitrogens is 1. The molecule has 0 bridgehead atoms. The van der Waals surface area contributed by atoms with E-state index in [2.05, 4.69) is 15.3 Å². The van der Waals surface area contributed by atoms with Gasteiger partial charge in [0.2, 0.25) is 0 Å². The van der Waals surface area contributed by atoms with Gasteiger partial charge < -0.3 is 5.11 Å². The molecule has 0 fully saturated rings. The normalized spacial score (nSPS) is 13.5. The third-order valence-corrected chi connectivity index (χ3v) is 2.91. The number of aliphatic hydroxyl groups excluding tert-OH is 1. The number of thiazole rings is 1. The van der Waals surface area contributed by atoms with Gasteiger partial charge in [0.15, 0.2) is 0 Å². The molecule has 14 heavy (non-hydrogen) atoms. The van der Waals surface area contributed by atoms with Crippen LogP contribution in [0.5, 0.6) is 0 Å². The van der Waals surface area contributed by atoms with Crippen LogP contribution >= 0.6 is 11.3 Å². The Balaban J connectivity index is 2.37. The molecule has 1 heterocycles. The molecule has 0 aliphatic heterocycles. The minimum Gasteiger partial charge on any atom is -0.392 e. The van der Waals surface area contributed by atoms with Gasteiger partial charge in [-0.1, -0.05) is 6.92 Å². The van der Waals surface area contributed by atoms with Gasteiger partial charge in [-0.2, -0.15) is 0 Å². The summed E-state index contributed by atoms with van der Waals surface area (Å²) in [7, 11) is 2.01. The summed E-state index contributed by atoms with van der Waals surface area (Å²) >= 11 is 1.67. The van der Waals surface area contributed by atoms with E-state index in [9.17, 15) is 5.11 Å². The van der Waals surface area contributed by atoms with Crippen LogP contribution in [0.25, 0.3) is 0 Å². The van der Waals surface area contributed by atoms with Crippen LogP contribution in [-0.4, -0.2) is 34.7 Å². The Bertz CT molecular complexity index is 275. The molecule has 1 aromatic heterocycles. The molecule has 0 spiro atoms. The van der Waals surface area contributed by atoms with Crippen molar-refractivity contribution in [1.29, 1.82) is 0 Å². The minimum atomic E-state index is -0.222. The highest BCUT2D eigenvalue weighted by Gasteiger charge is 2.07. The van der Waals surface area contributed by atoms with Crippen LogP contribution < -0.4 is 0 Å². The molecule has 1 aromatic rings. The van der Waals surface area contributed by atoms with E-state index in [0.29, 0.717) is 6.54 Å². The van der Waals surface area contributed by atoms with Gasteiger partial charge in [-0.15, -0.1) is 11.3 Å². The zero-order chi connectivity index (χ0) is 10.6. The van der Waals surface area contributed by atoms with E-state index >= 15 is 0 Å². The third-order valence-electron chi connectivity index (χ3n) is 2.09. The Morgan fingerprint density at radius 1 is 1.64 bits per heavy atom. The Morgan fingerprint density at radius 3 is 2.86 bits per heavy atom. The average Bonchev–Trinajstić information content (AvgIpc) is 2.50. The highest BCUT2D eigenvalue weighted by molar-refractivity contribution is 7.09. The standard InChI is InChI=1S/C10H18N2OS/c1-4-10(13)6-12(3)5-9-7-14-8(2)11-9/h7,10,13H,4-6H2,1-3H3. The van der Waals surface area contributed by atoms with Gasteiger partial charge in [-0.25, -0.2) is 4.98 Å². The van der Waals surface area contributed by atoms with Gasteiger partial charge in [0, 0.05) is 18.5 Å². The first kappa shape index (κ1) is 11.6. The van der Waals surface area contributed by atoms with Crippen molar-refractivity contribution < 1.29 is 5.11 Å². The SMILES string of the molecule is CCC(O)CN(C)Cc1csc(C)n1. The number of hydrogen-bond acceptors (Lipinski definition) is 4. The van der Waals surface area contributed by atoms with Gasteiger partial charge in [-0.3, -0.25) is 4.90 Å². The van der Waals surface area contributed by atoms with E-state index in [1.165, 1.54) is 0 Å². The smallest absolute Gasteiger partial charge is 0.0897 e. The highest BCUT2D eigenvalue weighted by atomic mass is 32.1. The number of aliphatic hydroxyl groups is 1. The molecule has 0 saturated carbocycles. The zero-order valence-electron chi connectivity index (χ0n) is 9.03. The van der Waals surface area contributed by atoms with Crippen LogP contribution in [0, 0.1) is 6.92 Å². The summed E-state index contributed by atoms with van der Waals surface area (Å²) in [5.74, 6) is 0. The fraction of sp³-hybridized carbons (Fsp3) is 0.700. The number of likely N-dealkylation sites (N-methyl/N-ethyl adjacent to an activating group) is 1. The predicted octanol–water partition coefficient (Wildman–Crippen LogP) is 1.65. The summed E-state index contributed by atoms with van der Waals surface area (Å²) in [4.78, 5) is 6.48. The molecule has 0 radical (unpaired) electrons. The number of hydrogen-bond donors (Lipinski definition) is 1. The van der Waals surface area contributed by atoms with Crippen molar-refractivity contribution in [2.75, 3.05) is 13.6 Å². The molecule has 1 rings (SSSR count). The monoisotopic (exact) mass is 214 g/mol. The lowest BCUT2D eigenvalue weighted by Gasteiger charge is -2.18. The lowest BCUT2D eigenvalue weighted by atomic mass is 10.2. The second kappa shape index (κ2) is 5.44. The van der Waals surface area contributed by atoms with Crippen molar-refractivity contribution in [3.8, 4) is 0 Å². The third kappa shape index (κ3) is 3.74. The fourth-order valence-corrected chi connectivity index (χ4v) is 1.91. The van der Waals surface area contributed by atoms with Crippen LogP contribution in [0.3, 0.4) is 0 Å². The van der Waals surface area contributed by atoms with Crippen molar-refractivity contribution >= 4 is 11.3 Å². The Hall–Kier alpha value is -0.450. The second-order valence-corrected chi connectivity index (χ2v) is 4.68. The van der Waals surface area contributed by atoms with Gasteiger partial charge in [-0.05, 0) is 20.4 Å². The first-order chi connectivity index (χ1) is 6.61. The van der Waals surface area contributed by atoms with Gasteiger partial charge in [0.25, 0.3) is 0 Å². The summed E-state index contributed by atoms with van der Waals surface area (Å²) < 4.78 is 0. The van der Waals surface area contributed by atoms with Crippen LogP contribution in [0.4, 0.5) is 0 Å². The molecule has 0 saturated heterocycles. The Kier molecular flexibility index (Phi) is 4.51. The number of nitrogens with zero attached hydrogens (tertiary/aromatic N) is 2. The highest BCUT2D eigenvalue weighted by Crippen LogP contribution is 2.09. The molecule has 0 amide bonds. The van der Waals surface area contributed by atoms with Gasteiger partial charge in [0.1, 0.15) is 0 Å². The zero-order valence-corrected chi connectivity index (χ0v) is 9.84. The Labute approximate surface area is 89.4 Å². The van der Waals surface area contributed by atoms with Crippen molar-refractivity contribution in [3.05, 3.63) is 16.1 Å². The summed E-state index contributed by atoms with van der Waals surface area (Å²) in [6, 6.07) is 0. The second-order valence-electron chi connectivity index (χ2n) is 3.62. The molecule has 1 unspecified atom stereocenters. The van der Waals surface area contributed by atoms with Crippen molar-refractivity contribution in [3.63, 3.8) is 0 Å². The topological polar surface area (TPSA) is 36.4 Å². The van der Waals surface area contributed by atoms with Crippen molar-refractivity contribution in [2.45, 2.75) is 32.9 Å².